The van der Waals surface area contributed by atoms with Crippen LogP contribution in [-0.2, 0) is 9.53 Å². The van der Waals surface area contributed by atoms with Gasteiger partial charge in [-0.2, -0.15) is 0 Å². The van der Waals surface area contributed by atoms with E-state index in [2.05, 4.69) is 5.32 Å². The number of hydrogen-bond acceptors (Lipinski definition) is 4. The van der Waals surface area contributed by atoms with Crippen LogP contribution in [0.3, 0.4) is 0 Å². The lowest BCUT2D eigenvalue weighted by Crippen LogP contribution is -2.53. The van der Waals surface area contributed by atoms with Crippen LogP contribution in [0.5, 0.6) is 0 Å². The lowest BCUT2D eigenvalue weighted by Gasteiger charge is -2.39. The summed E-state index contributed by atoms with van der Waals surface area (Å²) >= 11 is 0. The molecule has 2 heterocycles. The van der Waals surface area contributed by atoms with Gasteiger partial charge in [-0.1, -0.05) is 6.92 Å². The highest BCUT2D eigenvalue weighted by atomic mass is 16.5. The molecule has 2 aliphatic rings. The van der Waals surface area contributed by atoms with Gasteiger partial charge in [-0.15, -0.1) is 0 Å². The first-order valence-corrected chi connectivity index (χ1v) is 6.98. The topological polar surface area (TPSA) is 61.8 Å². The van der Waals surface area contributed by atoms with E-state index in [1.54, 1.807) is 0 Å². The van der Waals surface area contributed by atoms with Gasteiger partial charge in [0, 0.05) is 26.2 Å². The van der Waals surface area contributed by atoms with E-state index in [4.69, 9.17) is 4.74 Å². The summed E-state index contributed by atoms with van der Waals surface area (Å²) in [5.41, 5.74) is -0.649. The zero-order valence-corrected chi connectivity index (χ0v) is 11.2. The van der Waals surface area contributed by atoms with Crippen LogP contribution in [0.25, 0.3) is 0 Å². The summed E-state index contributed by atoms with van der Waals surface area (Å²) in [4.78, 5) is 14.0. The molecule has 0 aromatic heterocycles. The molecule has 0 bridgehead atoms. The molecule has 0 saturated carbocycles. The van der Waals surface area contributed by atoms with Crippen LogP contribution < -0.4 is 5.32 Å². The minimum atomic E-state index is -0.649. The number of hydrogen-bond donors (Lipinski definition) is 2. The molecule has 1 amide bonds. The average molecular weight is 256 g/mol. The molecule has 5 nitrogen and oxygen atoms in total. The normalized spacial score (nSPS) is 27.4. The zero-order valence-electron chi connectivity index (χ0n) is 11.2. The summed E-state index contributed by atoms with van der Waals surface area (Å²) in [6.07, 6.45) is 2.90. The smallest absolute Gasteiger partial charge is 0.251 e. The Bertz CT molecular complexity index is 282. The van der Waals surface area contributed by atoms with Gasteiger partial charge in [0.1, 0.15) is 6.10 Å². The summed E-state index contributed by atoms with van der Waals surface area (Å²) < 4.78 is 5.42. The van der Waals surface area contributed by atoms with Crippen molar-refractivity contribution in [1.82, 2.24) is 10.2 Å². The number of carbonyl (C=O) groups excluding carboxylic acids is 1. The molecule has 0 radical (unpaired) electrons. The Balaban J connectivity index is 1.80. The lowest BCUT2D eigenvalue weighted by molar-refractivity contribution is -0.145. The van der Waals surface area contributed by atoms with E-state index in [9.17, 15) is 9.90 Å². The first kappa shape index (κ1) is 13.8. The first-order chi connectivity index (χ1) is 8.64. The van der Waals surface area contributed by atoms with Crippen molar-refractivity contribution in [2.45, 2.75) is 44.3 Å². The van der Waals surface area contributed by atoms with Gasteiger partial charge in [0.25, 0.3) is 5.91 Å². The molecule has 0 aromatic rings. The average Bonchev–Trinajstić information content (AvgIpc) is 2.90. The van der Waals surface area contributed by atoms with Crippen LogP contribution in [0.4, 0.5) is 0 Å². The van der Waals surface area contributed by atoms with Crippen molar-refractivity contribution in [2.24, 2.45) is 0 Å². The van der Waals surface area contributed by atoms with Crippen molar-refractivity contribution in [3.05, 3.63) is 0 Å². The number of likely N-dealkylation sites (tertiary alicyclic amines) is 1. The molecule has 0 aliphatic carbocycles. The summed E-state index contributed by atoms with van der Waals surface area (Å²) in [6, 6.07) is 0. The number of piperidine rings is 1. The molecular formula is C13H24N2O3. The number of carbonyl (C=O) groups is 1. The minimum Gasteiger partial charge on any atom is -0.388 e. The number of aliphatic hydroxyl groups is 1. The monoisotopic (exact) mass is 256 g/mol. The van der Waals surface area contributed by atoms with E-state index >= 15 is 0 Å². The van der Waals surface area contributed by atoms with E-state index in [-0.39, 0.29) is 12.0 Å². The maximum absolute atomic E-state index is 12.1. The Kier molecular flexibility index (Phi) is 4.59. The Morgan fingerprint density at radius 1 is 1.50 bits per heavy atom. The highest BCUT2D eigenvalue weighted by Crippen LogP contribution is 2.24. The molecule has 2 N–H and O–H groups in total. The highest BCUT2D eigenvalue weighted by molar-refractivity contribution is 5.81. The van der Waals surface area contributed by atoms with E-state index < -0.39 is 5.60 Å². The van der Waals surface area contributed by atoms with Crippen LogP contribution in [0, 0.1) is 0 Å². The molecule has 5 heteroatoms. The summed E-state index contributed by atoms with van der Waals surface area (Å²) in [6.45, 7) is 5.49. The third kappa shape index (κ3) is 3.22. The molecule has 2 fully saturated rings. The molecule has 1 unspecified atom stereocenters. The number of amides is 1. The van der Waals surface area contributed by atoms with Gasteiger partial charge in [0.2, 0.25) is 0 Å². The number of ether oxygens (including phenoxy) is 1. The fourth-order valence-electron chi connectivity index (χ4n) is 2.65. The van der Waals surface area contributed by atoms with Crippen molar-refractivity contribution in [1.29, 1.82) is 0 Å². The molecule has 104 valence electrons. The maximum atomic E-state index is 12.1. The summed E-state index contributed by atoms with van der Waals surface area (Å²) in [5, 5.41) is 13.5. The molecule has 0 spiro atoms. The van der Waals surface area contributed by atoms with E-state index in [0.717, 1.165) is 19.4 Å². The highest BCUT2D eigenvalue weighted by Gasteiger charge is 2.36. The molecule has 18 heavy (non-hydrogen) atoms. The Morgan fingerprint density at radius 2 is 2.22 bits per heavy atom. The van der Waals surface area contributed by atoms with E-state index in [0.29, 0.717) is 39.1 Å². The molecule has 0 aromatic carbocycles. The van der Waals surface area contributed by atoms with Crippen LogP contribution in [-0.4, -0.2) is 60.4 Å². The summed E-state index contributed by atoms with van der Waals surface area (Å²) in [5.74, 6) is 0.109. The quantitative estimate of drug-likeness (QED) is 0.750. The largest absolute Gasteiger partial charge is 0.388 e. The lowest BCUT2D eigenvalue weighted by atomic mass is 9.91. The third-order valence-corrected chi connectivity index (χ3v) is 3.92. The Morgan fingerprint density at radius 3 is 2.78 bits per heavy atom. The van der Waals surface area contributed by atoms with Crippen molar-refractivity contribution < 1.29 is 14.6 Å². The van der Waals surface area contributed by atoms with E-state index in [1.807, 2.05) is 11.8 Å². The first-order valence-electron chi connectivity index (χ1n) is 6.98. The fraction of sp³-hybridized carbons (Fsp3) is 0.923. The van der Waals surface area contributed by atoms with Gasteiger partial charge in [0.15, 0.2) is 0 Å². The predicted molar refractivity (Wildman–Crippen MR) is 68.3 cm³/mol. The Hall–Kier alpha value is -0.650. The van der Waals surface area contributed by atoms with Crippen molar-refractivity contribution >= 4 is 5.91 Å². The maximum Gasteiger partial charge on any atom is 0.251 e. The zero-order chi connectivity index (χ0) is 13.0. The van der Waals surface area contributed by atoms with Crippen molar-refractivity contribution in [2.75, 3.05) is 32.8 Å². The van der Waals surface area contributed by atoms with Crippen molar-refractivity contribution in [3.63, 3.8) is 0 Å². The molecular weight excluding hydrogens is 232 g/mol. The summed E-state index contributed by atoms with van der Waals surface area (Å²) in [7, 11) is 0. The Labute approximate surface area is 108 Å². The van der Waals surface area contributed by atoms with Gasteiger partial charge in [-0.05, 0) is 32.2 Å². The van der Waals surface area contributed by atoms with Gasteiger partial charge in [-0.25, -0.2) is 0 Å². The van der Waals surface area contributed by atoms with Crippen molar-refractivity contribution in [3.8, 4) is 0 Å². The predicted octanol–water partition coefficient (Wildman–Crippen LogP) is 0.128. The van der Waals surface area contributed by atoms with Gasteiger partial charge in [-0.3, -0.25) is 4.79 Å². The molecule has 1 atom stereocenters. The number of rotatable bonds is 4. The van der Waals surface area contributed by atoms with Gasteiger partial charge in [0.05, 0.1) is 5.60 Å². The fourth-order valence-corrected chi connectivity index (χ4v) is 2.65. The van der Waals surface area contributed by atoms with Crippen LogP contribution >= 0.6 is 0 Å². The van der Waals surface area contributed by atoms with Crippen LogP contribution in [0.2, 0.25) is 0 Å². The van der Waals surface area contributed by atoms with Crippen LogP contribution in [0.15, 0.2) is 0 Å². The molecule has 2 saturated heterocycles. The minimum absolute atomic E-state index is 0.109. The van der Waals surface area contributed by atoms with Gasteiger partial charge < -0.3 is 20.1 Å². The number of likely N-dealkylation sites (N-methyl/N-ethyl adjacent to an activating group) is 1. The second kappa shape index (κ2) is 5.99. The van der Waals surface area contributed by atoms with Gasteiger partial charge >= 0.3 is 0 Å². The molecule has 2 rings (SSSR count). The molecule has 2 aliphatic heterocycles. The number of nitrogens with zero attached hydrogens (tertiary/aromatic N) is 1. The van der Waals surface area contributed by atoms with E-state index in [1.165, 1.54) is 0 Å². The standard InChI is InChI=1S/C13H24N2O3/c1-2-14-10-13(17)5-7-15(8-6-13)12(16)11-4-3-9-18-11/h11,14,17H,2-10H2,1H3. The number of nitrogens with one attached hydrogen (secondary N) is 1. The second-order valence-electron chi connectivity index (χ2n) is 5.33. The third-order valence-electron chi connectivity index (χ3n) is 3.92. The SMILES string of the molecule is CCNCC1(O)CCN(C(=O)C2CCCO2)CC1. The second-order valence-corrected chi connectivity index (χ2v) is 5.33. The van der Waals surface area contributed by atoms with Crippen LogP contribution in [0.1, 0.15) is 32.6 Å².